The van der Waals surface area contributed by atoms with Crippen LogP contribution in [0.1, 0.15) is 61.4 Å². The quantitative estimate of drug-likeness (QED) is 0.0372. The molecule has 0 unspecified atom stereocenters. The number of benzene rings is 4. The normalized spacial score (nSPS) is 20.6. The molecule has 7 rings (SSSR count). The van der Waals surface area contributed by atoms with Gasteiger partial charge in [-0.3, -0.25) is 38.6 Å². The van der Waals surface area contributed by atoms with Gasteiger partial charge in [0, 0.05) is 60.8 Å². The molecule has 3 heterocycles. The second-order valence-electron chi connectivity index (χ2n) is 18.8. The average molecular weight is 1060 g/mol. The summed E-state index contributed by atoms with van der Waals surface area (Å²) in [6.07, 6.45) is 4.53. The Hall–Kier alpha value is -8.24. The first kappa shape index (κ1) is 55.5. The molecular weight excluding hydrogens is 989 g/mol. The maximum absolute atomic E-state index is 14.8. The number of nitrogens with two attached hydrogens (primary N) is 4. The summed E-state index contributed by atoms with van der Waals surface area (Å²) < 4.78 is 0. The minimum Gasteiger partial charge on any atom is -0.370 e. The lowest BCUT2D eigenvalue weighted by atomic mass is 9.99. The summed E-state index contributed by atoms with van der Waals surface area (Å²) in [6, 6.07) is 20.5. The summed E-state index contributed by atoms with van der Waals surface area (Å²) >= 11 is 1.16. The molecule has 7 amide bonds. The predicted octanol–water partition coefficient (Wildman–Crippen LogP) is 1.39. The van der Waals surface area contributed by atoms with Gasteiger partial charge in [0.2, 0.25) is 41.4 Å². The van der Waals surface area contributed by atoms with Crippen LogP contribution in [0.2, 0.25) is 0 Å². The van der Waals surface area contributed by atoms with Crippen molar-refractivity contribution in [1.29, 1.82) is 0 Å². The number of rotatable bonds is 16. The maximum atomic E-state index is 14.8. The number of amides is 7. The molecule has 76 heavy (non-hydrogen) atoms. The van der Waals surface area contributed by atoms with Crippen molar-refractivity contribution in [3.63, 3.8) is 0 Å². The highest BCUT2D eigenvalue weighted by Gasteiger charge is 2.35. The zero-order chi connectivity index (χ0) is 54.1. The van der Waals surface area contributed by atoms with Gasteiger partial charge < -0.3 is 64.8 Å². The number of thioether (sulfide) groups is 1. The highest BCUT2D eigenvalue weighted by molar-refractivity contribution is 7.99. The number of aromatic amines is 2. The lowest BCUT2D eigenvalue weighted by Crippen LogP contribution is -2.61. The van der Waals surface area contributed by atoms with Gasteiger partial charge in [-0.05, 0) is 52.8 Å². The fraction of sp³-hybridized carbons (Fsp3) is 0.352. The molecule has 1 aliphatic heterocycles. The maximum Gasteiger partial charge on any atom is 0.244 e. The first-order chi connectivity index (χ1) is 36.6. The van der Waals surface area contributed by atoms with Crippen LogP contribution in [0.25, 0.3) is 21.7 Å². The van der Waals surface area contributed by atoms with E-state index in [2.05, 4.69) is 51.8 Å². The number of nitrogens with one attached hydrogen (secondary N) is 8. The SMILES string of the molecule is CCCC[C@H](N)C(=O)N[C@@H]1CSc2[nH]c3ccccc3c2C[C@H](C(N)=O)NC(=O)[C@H](Cc2ccc3ccccc3c2)NC(=O)[C@H](CCCN=C(N)N)NC(=O)[C@@H](Cc2ccccc2)NC(=O)[C@H](Cc2cnc[nH]2)NC1=O. The Labute approximate surface area is 443 Å². The second kappa shape index (κ2) is 26.8. The highest BCUT2D eigenvalue weighted by Crippen LogP contribution is 2.32. The number of imidazole rings is 1. The van der Waals surface area contributed by atoms with Crippen LogP contribution in [0.4, 0.5) is 0 Å². The molecule has 2 aromatic heterocycles. The van der Waals surface area contributed by atoms with Crippen molar-refractivity contribution in [3.8, 4) is 0 Å². The summed E-state index contributed by atoms with van der Waals surface area (Å²) in [5.74, 6) is -5.52. The van der Waals surface area contributed by atoms with E-state index in [-0.39, 0.29) is 56.8 Å². The number of primary amides is 1. The van der Waals surface area contributed by atoms with Crippen LogP contribution in [0.5, 0.6) is 0 Å². The molecule has 21 nitrogen and oxygen atoms in total. The molecule has 0 saturated heterocycles. The third-order valence-corrected chi connectivity index (χ3v) is 14.2. The van der Waals surface area contributed by atoms with Gasteiger partial charge in [0.1, 0.15) is 36.3 Å². The van der Waals surface area contributed by atoms with Crippen molar-refractivity contribution in [2.24, 2.45) is 27.9 Å². The highest BCUT2D eigenvalue weighted by atomic mass is 32.2. The van der Waals surface area contributed by atoms with Crippen LogP contribution in [0, 0.1) is 0 Å². The number of aromatic nitrogens is 3. The molecule has 0 fully saturated rings. The Kier molecular flexibility index (Phi) is 19.6. The molecule has 0 spiro atoms. The van der Waals surface area contributed by atoms with Crippen molar-refractivity contribution in [2.75, 3.05) is 12.3 Å². The van der Waals surface area contributed by atoms with Gasteiger partial charge in [0.05, 0.1) is 17.4 Å². The Bertz CT molecular complexity index is 3020. The number of hydrogen-bond acceptors (Lipinski definition) is 11. The predicted molar refractivity (Wildman–Crippen MR) is 291 cm³/mol. The van der Waals surface area contributed by atoms with Crippen LogP contribution in [0.15, 0.2) is 120 Å². The van der Waals surface area contributed by atoms with E-state index < -0.39 is 83.6 Å². The molecule has 1 aliphatic rings. The fourth-order valence-electron chi connectivity index (χ4n) is 8.94. The zero-order valence-corrected chi connectivity index (χ0v) is 43.0. The number of nitrogens with zero attached hydrogens (tertiary/aromatic N) is 2. The van der Waals surface area contributed by atoms with E-state index in [9.17, 15) is 33.6 Å². The number of hydrogen-bond donors (Lipinski definition) is 12. The van der Waals surface area contributed by atoms with Crippen molar-refractivity contribution in [1.82, 2.24) is 46.9 Å². The molecule has 400 valence electrons. The van der Waals surface area contributed by atoms with E-state index in [0.717, 1.165) is 29.0 Å². The van der Waals surface area contributed by atoms with E-state index in [1.54, 1.807) is 30.3 Å². The molecule has 0 radical (unpaired) electrons. The largest absolute Gasteiger partial charge is 0.370 e. The van der Waals surface area contributed by atoms with Crippen LogP contribution >= 0.6 is 11.8 Å². The number of unbranched alkanes of at least 4 members (excludes halogenated alkanes) is 1. The minimum absolute atomic E-state index is 0.0245. The van der Waals surface area contributed by atoms with Gasteiger partial charge in [-0.25, -0.2) is 4.98 Å². The second-order valence-corrected chi connectivity index (χ2v) is 19.8. The minimum atomic E-state index is -1.35. The van der Waals surface area contributed by atoms with Crippen LogP contribution in [-0.2, 0) is 59.2 Å². The summed E-state index contributed by atoms with van der Waals surface area (Å²) in [7, 11) is 0. The number of para-hydroxylation sites is 1. The number of carbonyl (C=O) groups is 7. The standard InChI is InChI=1S/C54H66N14O7S/c1-2-3-17-38(55)47(70)67-45-29-76-53-37(36-16-9-10-18-39(36)68-53)27-41(46(56)69)63-50(73)43(25-32-20-21-33-14-7-8-15-34(33)23-32)64-48(71)40(19-11-22-60-54(57)58)62-49(72)42(24-31-12-5-4-6-13-31)65-51(74)44(66-52(45)75)26-35-28-59-30-61-35/h4-10,12-16,18,20-21,23,28,30,38,40-45,68H,2-3,11,17,19,22,24-27,29,55H2,1H3,(H2,56,69)(H,59,61)(H,62,72)(H,63,73)(H,64,71)(H,65,74)(H,66,75)(H,67,70)(H4,57,58,60)/t38-,40-,41+,42+,43-,44-,45+/m0/s1. The third kappa shape index (κ3) is 15.4. The van der Waals surface area contributed by atoms with Gasteiger partial charge >= 0.3 is 0 Å². The smallest absolute Gasteiger partial charge is 0.244 e. The van der Waals surface area contributed by atoms with E-state index in [1.807, 2.05) is 73.7 Å². The molecule has 6 aromatic rings. The number of H-pyrrole nitrogens is 2. The number of fused-ring (bicyclic) bond motifs is 4. The van der Waals surface area contributed by atoms with E-state index in [4.69, 9.17) is 22.9 Å². The first-order valence-corrected chi connectivity index (χ1v) is 26.3. The zero-order valence-electron chi connectivity index (χ0n) is 42.2. The molecule has 0 bridgehead atoms. The summed E-state index contributed by atoms with van der Waals surface area (Å²) in [6.45, 7) is 2.05. The lowest BCUT2D eigenvalue weighted by molar-refractivity contribution is -0.135. The van der Waals surface area contributed by atoms with Crippen molar-refractivity contribution >= 4 is 80.7 Å². The molecular formula is C54H66N14O7S. The summed E-state index contributed by atoms with van der Waals surface area (Å²) in [5, 5.41) is 20.0. The van der Waals surface area contributed by atoms with Gasteiger partial charge in [-0.15, -0.1) is 11.8 Å². The van der Waals surface area contributed by atoms with Gasteiger partial charge in [-0.1, -0.05) is 111 Å². The Balaban J connectivity index is 1.33. The van der Waals surface area contributed by atoms with E-state index >= 15 is 0 Å². The average Bonchev–Trinajstić information content (AvgIpc) is 4.06. The van der Waals surface area contributed by atoms with Crippen LogP contribution < -0.4 is 54.8 Å². The summed E-state index contributed by atoms with van der Waals surface area (Å²) in [5.41, 5.74) is 26.7. The number of guanidine groups is 1. The van der Waals surface area contributed by atoms with Crippen molar-refractivity contribution < 1.29 is 33.6 Å². The summed E-state index contributed by atoms with van der Waals surface area (Å²) in [4.78, 5) is 116. The van der Waals surface area contributed by atoms with E-state index in [1.165, 1.54) is 12.5 Å². The van der Waals surface area contributed by atoms with Gasteiger partial charge in [0.15, 0.2) is 5.96 Å². The number of aliphatic imine (C=N–C) groups is 1. The Morgan fingerprint density at radius 3 is 2.05 bits per heavy atom. The van der Waals surface area contributed by atoms with Gasteiger partial charge in [0.25, 0.3) is 0 Å². The third-order valence-electron chi connectivity index (χ3n) is 13.1. The van der Waals surface area contributed by atoms with Gasteiger partial charge in [-0.2, -0.15) is 0 Å². The Morgan fingerprint density at radius 2 is 1.36 bits per heavy atom. The van der Waals surface area contributed by atoms with E-state index in [0.29, 0.717) is 51.2 Å². The lowest BCUT2D eigenvalue weighted by Gasteiger charge is -2.27. The molecule has 0 aliphatic carbocycles. The van der Waals surface area contributed by atoms with Crippen LogP contribution in [-0.4, -0.2) is 117 Å². The molecule has 22 heteroatoms. The molecule has 4 aromatic carbocycles. The molecule has 16 N–H and O–H groups in total. The first-order valence-electron chi connectivity index (χ1n) is 25.3. The Morgan fingerprint density at radius 1 is 0.724 bits per heavy atom. The van der Waals surface area contributed by atoms with Crippen molar-refractivity contribution in [2.45, 2.75) is 112 Å². The van der Waals surface area contributed by atoms with Crippen LogP contribution in [0.3, 0.4) is 0 Å². The molecule has 7 atom stereocenters. The topological polar surface area (TPSA) is 353 Å². The molecule has 0 saturated carbocycles. The van der Waals surface area contributed by atoms with Crippen molar-refractivity contribution in [3.05, 3.63) is 132 Å². The fourth-order valence-corrected chi connectivity index (χ4v) is 10.1. The number of carbonyl (C=O) groups excluding carboxylic acids is 7. The monoisotopic (exact) mass is 1050 g/mol.